The first-order valence-corrected chi connectivity index (χ1v) is 16.8. The highest BCUT2D eigenvalue weighted by Gasteiger charge is 2.16. The van der Waals surface area contributed by atoms with E-state index in [-0.39, 0.29) is 83.2 Å². The highest BCUT2D eigenvalue weighted by molar-refractivity contribution is 5.76. The lowest BCUT2D eigenvalue weighted by Gasteiger charge is -2.23. The molecule has 0 aromatic carbocycles. The number of carbonyl (C=O) groups is 4. The average molecular weight is 706 g/mol. The van der Waals surface area contributed by atoms with Gasteiger partial charge in [0.15, 0.2) is 0 Å². The van der Waals surface area contributed by atoms with Crippen LogP contribution in [0.2, 0.25) is 0 Å². The molecule has 4 amide bonds. The molecule has 0 aliphatic heterocycles. The van der Waals surface area contributed by atoms with Crippen LogP contribution in [0.5, 0.6) is 0 Å². The Labute approximate surface area is 290 Å². The molecule has 0 spiro atoms. The average Bonchev–Trinajstić information content (AvgIpc) is 3.05. The number of nitrogens with zero attached hydrogens (tertiary/aromatic N) is 4. The molecule has 0 atom stereocenters. The van der Waals surface area contributed by atoms with Gasteiger partial charge in [0, 0.05) is 57.0 Å². The third-order valence-corrected chi connectivity index (χ3v) is 5.97. The minimum atomic E-state index is -0.587. The molecule has 0 aromatic rings. The molecule has 0 saturated heterocycles. The highest BCUT2D eigenvalue weighted by Crippen LogP contribution is 2.06. The number of hydrogen-bond donors (Lipinski definition) is 3. The van der Waals surface area contributed by atoms with Crippen LogP contribution in [0.3, 0.4) is 0 Å². The van der Waals surface area contributed by atoms with Gasteiger partial charge < -0.3 is 54.0 Å². The maximum atomic E-state index is 12.9. The first-order chi connectivity index (χ1) is 23.6. The summed E-state index contributed by atoms with van der Waals surface area (Å²) in [5, 5.41) is 11.4. The number of alkyl carbamates (subject to hydrolysis) is 1. The van der Waals surface area contributed by atoms with Crippen molar-refractivity contribution < 1.29 is 52.3 Å². The first kappa shape index (κ1) is 45.8. The summed E-state index contributed by atoms with van der Waals surface area (Å²) in [6.07, 6.45) is 0.971. The van der Waals surface area contributed by atoms with E-state index in [1.807, 2.05) is 6.92 Å². The number of hydrogen-bond acceptors (Lipinski definition) is 12. The molecule has 49 heavy (non-hydrogen) atoms. The van der Waals surface area contributed by atoms with Crippen molar-refractivity contribution in [1.82, 2.24) is 20.9 Å². The fourth-order valence-electron chi connectivity index (χ4n) is 3.60. The van der Waals surface area contributed by atoms with Gasteiger partial charge in [-0.3, -0.25) is 14.4 Å². The van der Waals surface area contributed by atoms with Crippen molar-refractivity contribution in [3.8, 4) is 0 Å². The predicted octanol–water partition coefficient (Wildman–Crippen LogP) is 1.56. The topological polar surface area (TPSA) is 221 Å². The Morgan fingerprint density at radius 3 is 1.57 bits per heavy atom. The van der Waals surface area contributed by atoms with Crippen LogP contribution >= 0.6 is 0 Å². The van der Waals surface area contributed by atoms with E-state index in [1.165, 1.54) is 0 Å². The van der Waals surface area contributed by atoms with Crippen molar-refractivity contribution in [2.75, 3.05) is 119 Å². The Balaban J connectivity index is 4.23. The summed E-state index contributed by atoms with van der Waals surface area (Å²) in [5.41, 5.74) is 7.67. The van der Waals surface area contributed by atoms with Crippen molar-refractivity contribution in [2.24, 2.45) is 5.11 Å². The number of nitrogens with one attached hydrogen (secondary N) is 3. The molecule has 0 rings (SSSR count). The third-order valence-electron chi connectivity index (χ3n) is 5.97. The van der Waals surface area contributed by atoms with E-state index in [4.69, 9.17) is 38.7 Å². The zero-order valence-electron chi connectivity index (χ0n) is 29.8. The smallest absolute Gasteiger partial charge is 0.407 e. The molecule has 0 radical (unpaired) electrons. The van der Waals surface area contributed by atoms with Gasteiger partial charge in [-0.1, -0.05) is 12.0 Å². The van der Waals surface area contributed by atoms with Crippen LogP contribution in [-0.4, -0.2) is 153 Å². The molecule has 0 aromatic heterocycles. The number of amides is 4. The molecule has 0 fully saturated rings. The summed E-state index contributed by atoms with van der Waals surface area (Å²) >= 11 is 0. The lowest BCUT2D eigenvalue weighted by atomic mass is 10.2. The molecule has 0 aliphatic rings. The number of azide groups is 1. The third kappa shape index (κ3) is 33.0. The predicted molar refractivity (Wildman–Crippen MR) is 180 cm³/mol. The fourth-order valence-corrected chi connectivity index (χ4v) is 3.60. The molecule has 18 heteroatoms. The van der Waals surface area contributed by atoms with Crippen LogP contribution < -0.4 is 16.0 Å². The van der Waals surface area contributed by atoms with Crippen molar-refractivity contribution >= 4 is 23.8 Å². The summed E-state index contributed by atoms with van der Waals surface area (Å²) in [7, 11) is 0. The van der Waals surface area contributed by atoms with Crippen LogP contribution in [0.15, 0.2) is 5.11 Å². The second kappa shape index (κ2) is 32.0. The lowest BCUT2D eigenvalue weighted by molar-refractivity contribution is -0.134. The SMILES string of the molecule is CCCNC(=O)CCOCCOCCN(CCOCCOCCC(=O)NCCNC(=O)OC(C)(C)C)C(=O)CCOCCOCCN=[N+]=[N-]. The summed E-state index contributed by atoms with van der Waals surface area (Å²) in [6, 6.07) is 0. The van der Waals surface area contributed by atoms with Gasteiger partial charge in [-0.2, -0.15) is 0 Å². The van der Waals surface area contributed by atoms with Gasteiger partial charge in [-0.05, 0) is 32.7 Å². The Morgan fingerprint density at radius 1 is 0.633 bits per heavy atom. The van der Waals surface area contributed by atoms with Gasteiger partial charge >= 0.3 is 6.09 Å². The molecule has 0 unspecified atom stereocenters. The molecule has 284 valence electrons. The Bertz CT molecular complexity index is 932. The molecular formula is C31H59N7O11. The number of carbonyl (C=O) groups excluding carboxylic acids is 4. The van der Waals surface area contributed by atoms with E-state index in [1.54, 1.807) is 25.7 Å². The Kier molecular flexibility index (Phi) is 29.9. The van der Waals surface area contributed by atoms with E-state index >= 15 is 0 Å². The molecule has 0 heterocycles. The molecule has 0 aliphatic carbocycles. The fraction of sp³-hybridized carbons (Fsp3) is 0.871. The standard InChI is InChI=1S/C31H59N7O11/c1-5-9-33-27(39)6-15-43-22-25-47-19-13-38(29(41)8-17-45-21-24-46-18-12-36-37-32)14-20-48-26-23-44-16-7-28(40)34-10-11-35-30(42)49-31(2,3)4/h5-26H2,1-4H3,(H,33,39)(H,34,40)(H,35,42). The van der Waals surface area contributed by atoms with Crippen molar-refractivity contribution in [1.29, 1.82) is 0 Å². The maximum Gasteiger partial charge on any atom is 0.407 e. The van der Waals surface area contributed by atoms with Crippen LogP contribution in [0.1, 0.15) is 53.4 Å². The zero-order valence-corrected chi connectivity index (χ0v) is 29.8. The highest BCUT2D eigenvalue weighted by atomic mass is 16.6. The van der Waals surface area contributed by atoms with Gasteiger partial charge in [0.1, 0.15) is 5.60 Å². The normalized spacial score (nSPS) is 11.0. The van der Waals surface area contributed by atoms with E-state index in [2.05, 4.69) is 26.0 Å². The van der Waals surface area contributed by atoms with Gasteiger partial charge in [0.2, 0.25) is 17.7 Å². The molecule has 3 N–H and O–H groups in total. The zero-order chi connectivity index (χ0) is 36.4. The van der Waals surface area contributed by atoms with Crippen LogP contribution in [-0.2, 0) is 47.5 Å². The second-order valence-electron chi connectivity index (χ2n) is 11.4. The Morgan fingerprint density at radius 2 is 1.08 bits per heavy atom. The monoisotopic (exact) mass is 705 g/mol. The summed E-state index contributed by atoms with van der Waals surface area (Å²) in [6.45, 7) is 12.9. The van der Waals surface area contributed by atoms with Gasteiger partial charge in [-0.15, -0.1) is 0 Å². The van der Waals surface area contributed by atoms with E-state index in [0.29, 0.717) is 72.3 Å². The lowest BCUT2D eigenvalue weighted by Crippen LogP contribution is -2.38. The molecule has 18 nitrogen and oxygen atoms in total. The summed E-state index contributed by atoms with van der Waals surface area (Å²) in [5.74, 6) is -0.362. The minimum absolute atomic E-state index is 0.0434. The van der Waals surface area contributed by atoms with E-state index in [9.17, 15) is 19.2 Å². The van der Waals surface area contributed by atoms with Crippen molar-refractivity contribution in [3.63, 3.8) is 0 Å². The number of ether oxygens (including phenoxy) is 7. The minimum Gasteiger partial charge on any atom is -0.444 e. The molecule has 0 bridgehead atoms. The van der Waals surface area contributed by atoms with E-state index in [0.717, 1.165) is 6.42 Å². The van der Waals surface area contributed by atoms with Gasteiger partial charge in [0.05, 0.1) is 85.7 Å². The summed E-state index contributed by atoms with van der Waals surface area (Å²) in [4.78, 5) is 52.3. The summed E-state index contributed by atoms with van der Waals surface area (Å²) < 4.78 is 38.0. The quantitative estimate of drug-likeness (QED) is 0.0394. The van der Waals surface area contributed by atoms with Crippen molar-refractivity contribution in [2.45, 2.75) is 59.0 Å². The molecular weight excluding hydrogens is 646 g/mol. The largest absolute Gasteiger partial charge is 0.444 e. The van der Waals surface area contributed by atoms with Crippen LogP contribution in [0.25, 0.3) is 10.4 Å². The maximum absolute atomic E-state index is 12.9. The van der Waals surface area contributed by atoms with Crippen LogP contribution in [0, 0.1) is 0 Å². The van der Waals surface area contributed by atoms with Crippen LogP contribution in [0.4, 0.5) is 4.79 Å². The van der Waals surface area contributed by atoms with Gasteiger partial charge in [-0.25, -0.2) is 4.79 Å². The Hall–Kier alpha value is -3.25. The van der Waals surface area contributed by atoms with E-state index < -0.39 is 11.7 Å². The first-order valence-electron chi connectivity index (χ1n) is 16.8. The van der Waals surface area contributed by atoms with Crippen molar-refractivity contribution in [3.05, 3.63) is 10.4 Å². The molecule has 0 saturated carbocycles. The number of rotatable bonds is 32. The second-order valence-corrected chi connectivity index (χ2v) is 11.4. The van der Waals surface area contributed by atoms with Gasteiger partial charge in [0.25, 0.3) is 0 Å².